The van der Waals surface area contributed by atoms with Crippen molar-refractivity contribution >= 4 is 15.1 Å². The Labute approximate surface area is 129 Å². The van der Waals surface area contributed by atoms with Crippen LogP contribution in [0.5, 0.6) is 0 Å². The van der Waals surface area contributed by atoms with Crippen molar-refractivity contribution < 1.29 is 9.53 Å². The Bertz CT molecular complexity index is 534. The number of hydrogen-bond acceptors (Lipinski definition) is 3. The molecule has 1 amide bonds. The van der Waals surface area contributed by atoms with Crippen molar-refractivity contribution in [1.29, 1.82) is 0 Å². The van der Waals surface area contributed by atoms with E-state index < -0.39 is 0 Å². The van der Waals surface area contributed by atoms with Crippen molar-refractivity contribution in [3.05, 3.63) is 34.1 Å². The Kier molecular flexibility index (Phi) is 5.23. The molecule has 0 aromatic carbocycles. The SMILES string of the molecule is CC=C(C)C1=C(C(=O)NCCN)OC(P)=C2CCC2C1C. The summed E-state index contributed by atoms with van der Waals surface area (Å²) in [6, 6.07) is 0. The number of ether oxygens (including phenoxy) is 1. The number of rotatable bonds is 4. The number of carbonyl (C=O) groups is 1. The zero-order valence-corrected chi connectivity index (χ0v) is 14.2. The fourth-order valence-electron chi connectivity index (χ4n) is 3.08. The van der Waals surface area contributed by atoms with E-state index in [0.717, 1.165) is 29.5 Å². The second-order valence-corrected chi connectivity index (χ2v) is 6.21. The first-order valence-electron chi connectivity index (χ1n) is 7.53. The molecule has 0 radical (unpaired) electrons. The zero-order chi connectivity index (χ0) is 15.6. The van der Waals surface area contributed by atoms with Crippen LogP contribution < -0.4 is 11.1 Å². The average Bonchev–Trinajstić information content (AvgIpc) is 2.48. The van der Waals surface area contributed by atoms with E-state index in [9.17, 15) is 4.79 Å². The Balaban J connectivity index is 2.44. The van der Waals surface area contributed by atoms with Gasteiger partial charge in [-0.15, -0.1) is 0 Å². The van der Waals surface area contributed by atoms with Crippen LogP contribution in [0.4, 0.5) is 0 Å². The van der Waals surface area contributed by atoms with Crippen LogP contribution in [-0.4, -0.2) is 19.0 Å². The Hall–Kier alpha value is -1.12. The van der Waals surface area contributed by atoms with Gasteiger partial charge in [0.1, 0.15) is 5.50 Å². The van der Waals surface area contributed by atoms with Crippen molar-refractivity contribution in [2.24, 2.45) is 17.6 Å². The molecule has 1 fully saturated rings. The molecular weight excluding hydrogens is 283 g/mol. The van der Waals surface area contributed by atoms with Crippen LogP contribution in [0.3, 0.4) is 0 Å². The maximum atomic E-state index is 12.5. The lowest BCUT2D eigenvalue weighted by molar-refractivity contribution is -0.120. The standard InChI is InChI=1S/C16H25N2O2P/c1-4-9(2)13-10(3)11-5-6-12(11)16(21)20-14(13)15(19)18-8-7-17/h4,10-11H,5-8,17,21H2,1-3H3,(H,18,19). The molecule has 2 aliphatic rings. The number of fused-ring (bicyclic) bond motifs is 1. The summed E-state index contributed by atoms with van der Waals surface area (Å²) in [4.78, 5) is 12.5. The minimum absolute atomic E-state index is 0.176. The summed E-state index contributed by atoms with van der Waals surface area (Å²) in [6.07, 6.45) is 4.27. The van der Waals surface area contributed by atoms with E-state index in [4.69, 9.17) is 10.5 Å². The van der Waals surface area contributed by atoms with Crippen molar-refractivity contribution in [3.8, 4) is 0 Å². The maximum Gasteiger partial charge on any atom is 0.287 e. The Morgan fingerprint density at radius 3 is 2.81 bits per heavy atom. The van der Waals surface area contributed by atoms with Crippen LogP contribution in [0, 0.1) is 11.8 Å². The monoisotopic (exact) mass is 308 g/mol. The van der Waals surface area contributed by atoms with Gasteiger partial charge in [0.25, 0.3) is 5.91 Å². The van der Waals surface area contributed by atoms with Crippen molar-refractivity contribution in [3.63, 3.8) is 0 Å². The van der Waals surface area contributed by atoms with Gasteiger partial charge in [-0.05, 0) is 49.7 Å². The molecule has 5 heteroatoms. The van der Waals surface area contributed by atoms with Crippen LogP contribution in [0.2, 0.25) is 0 Å². The Morgan fingerprint density at radius 2 is 2.29 bits per heavy atom. The summed E-state index contributed by atoms with van der Waals surface area (Å²) in [7, 11) is 2.65. The third-order valence-corrected chi connectivity index (χ3v) is 4.99. The van der Waals surface area contributed by atoms with Crippen LogP contribution in [-0.2, 0) is 9.53 Å². The van der Waals surface area contributed by atoms with Gasteiger partial charge in [-0.25, -0.2) is 0 Å². The molecule has 0 saturated heterocycles. The van der Waals surface area contributed by atoms with Crippen LogP contribution in [0.1, 0.15) is 33.6 Å². The van der Waals surface area contributed by atoms with Crippen molar-refractivity contribution in [2.45, 2.75) is 33.6 Å². The number of amides is 1. The van der Waals surface area contributed by atoms with Gasteiger partial charge in [0.05, 0.1) is 0 Å². The zero-order valence-electron chi connectivity index (χ0n) is 13.0. The van der Waals surface area contributed by atoms with E-state index in [1.165, 1.54) is 5.57 Å². The second kappa shape index (κ2) is 6.76. The highest BCUT2D eigenvalue weighted by molar-refractivity contribution is 7.22. The summed E-state index contributed by atoms with van der Waals surface area (Å²) in [6.45, 7) is 7.09. The van der Waals surface area contributed by atoms with Crippen LogP contribution >= 0.6 is 9.24 Å². The lowest BCUT2D eigenvalue weighted by atomic mass is 9.69. The molecule has 1 saturated carbocycles. The van der Waals surface area contributed by atoms with E-state index in [2.05, 4.69) is 21.5 Å². The molecule has 1 aliphatic heterocycles. The fourth-order valence-corrected chi connectivity index (χ4v) is 3.56. The number of nitrogens with one attached hydrogen (secondary N) is 1. The van der Waals surface area contributed by atoms with Gasteiger partial charge in [0.2, 0.25) is 0 Å². The van der Waals surface area contributed by atoms with Gasteiger partial charge in [0.15, 0.2) is 5.76 Å². The molecular formula is C16H25N2O2P. The quantitative estimate of drug-likeness (QED) is 0.784. The van der Waals surface area contributed by atoms with Gasteiger partial charge in [0, 0.05) is 18.7 Å². The van der Waals surface area contributed by atoms with Gasteiger partial charge in [-0.3, -0.25) is 4.79 Å². The normalized spacial score (nSPS) is 25.9. The van der Waals surface area contributed by atoms with E-state index >= 15 is 0 Å². The predicted molar refractivity (Wildman–Crippen MR) is 88.2 cm³/mol. The predicted octanol–water partition coefficient (Wildman–Crippen LogP) is 2.44. The highest BCUT2D eigenvalue weighted by Crippen LogP contribution is 2.49. The first-order chi connectivity index (χ1) is 10.0. The number of hydrogen-bond donors (Lipinski definition) is 2. The molecule has 2 rings (SSSR count). The fraction of sp³-hybridized carbons (Fsp3) is 0.562. The molecule has 0 bridgehead atoms. The molecule has 3 atom stereocenters. The summed E-state index contributed by atoms with van der Waals surface area (Å²) < 4.78 is 5.94. The number of allylic oxidation sites excluding steroid dienone is 4. The second-order valence-electron chi connectivity index (χ2n) is 5.68. The molecule has 3 N–H and O–H groups in total. The molecule has 0 aromatic heterocycles. The molecule has 3 unspecified atom stereocenters. The van der Waals surface area contributed by atoms with Gasteiger partial charge >= 0.3 is 0 Å². The van der Waals surface area contributed by atoms with Crippen LogP contribution in [0.15, 0.2) is 34.1 Å². The molecule has 1 heterocycles. The number of nitrogens with two attached hydrogens (primary N) is 1. The molecule has 21 heavy (non-hydrogen) atoms. The minimum Gasteiger partial charge on any atom is -0.452 e. The summed E-state index contributed by atoms with van der Waals surface area (Å²) in [5, 5.41) is 2.82. The highest BCUT2D eigenvalue weighted by atomic mass is 31.0. The van der Waals surface area contributed by atoms with Gasteiger partial charge in [-0.1, -0.05) is 22.2 Å². The smallest absolute Gasteiger partial charge is 0.287 e. The number of carbonyl (C=O) groups excluding carboxylic acids is 1. The first-order valence-corrected chi connectivity index (χ1v) is 8.11. The maximum absolute atomic E-state index is 12.5. The molecule has 116 valence electrons. The topological polar surface area (TPSA) is 64.4 Å². The van der Waals surface area contributed by atoms with Gasteiger partial charge < -0.3 is 15.8 Å². The van der Waals surface area contributed by atoms with E-state index in [1.807, 2.05) is 19.9 Å². The minimum atomic E-state index is -0.176. The van der Waals surface area contributed by atoms with Crippen molar-refractivity contribution in [2.75, 3.05) is 13.1 Å². The third kappa shape index (κ3) is 3.07. The lowest BCUT2D eigenvalue weighted by Crippen LogP contribution is -2.32. The Morgan fingerprint density at radius 1 is 1.57 bits per heavy atom. The van der Waals surface area contributed by atoms with Crippen LogP contribution in [0.25, 0.3) is 0 Å². The largest absolute Gasteiger partial charge is 0.452 e. The van der Waals surface area contributed by atoms with E-state index in [1.54, 1.807) is 0 Å². The lowest BCUT2D eigenvalue weighted by Gasteiger charge is -2.35. The molecule has 0 spiro atoms. The molecule has 1 aliphatic carbocycles. The summed E-state index contributed by atoms with van der Waals surface area (Å²) in [5.74, 6) is 1.03. The first kappa shape index (κ1) is 16.3. The van der Waals surface area contributed by atoms with E-state index in [0.29, 0.717) is 30.7 Å². The highest BCUT2D eigenvalue weighted by Gasteiger charge is 2.39. The third-order valence-electron chi connectivity index (χ3n) is 4.50. The molecule has 4 nitrogen and oxygen atoms in total. The van der Waals surface area contributed by atoms with Crippen molar-refractivity contribution in [1.82, 2.24) is 5.32 Å². The summed E-state index contributed by atoms with van der Waals surface area (Å²) in [5.41, 5.74) is 9.74. The van der Waals surface area contributed by atoms with E-state index in [-0.39, 0.29) is 5.91 Å². The summed E-state index contributed by atoms with van der Waals surface area (Å²) >= 11 is 0. The average molecular weight is 308 g/mol. The molecule has 0 aromatic rings. The van der Waals surface area contributed by atoms with Gasteiger partial charge in [-0.2, -0.15) is 0 Å².